The summed E-state index contributed by atoms with van der Waals surface area (Å²) < 4.78 is 5.75. The van der Waals surface area contributed by atoms with Crippen LogP contribution in [-0.4, -0.2) is 142 Å². The molecule has 9 heterocycles. The van der Waals surface area contributed by atoms with Gasteiger partial charge in [-0.1, -0.05) is 190 Å². The van der Waals surface area contributed by atoms with Crippen molar-refractivity contribution in [3.8, 4) is 11.3 Å². The number of hydrogen-bond donors (Lipinski definition) is 9. The lowest BCUT2D eigenvalue weighted by molar-refractivity contribution is -0.000481. The van der Waals surface area contributed by atoms with E-state index >= 15 is 0 Å². The molecule has 20 nitrogen and oxygen atoms in total. The largest absolute Gasteiger partial charge is 0.459 e. The number of nitrogen functional groups attached to an aromatic ring is 3. The summed E-state index contributed by atoms with van der Waals surface area (Å²) in [4.78, 5) is 42.7. The number of imidazole rings is 1. The fourth-order valence-corrected chi connectivity index (χ4v) is 17.9. The Hall–Kier alpha value is -8.91. The smallest absolute Gasteiger partial charge is 0.338 e. The first kappa shape index (κ1) is 87.9. The molecule has 116 heavy (non-hydrogen) atoms. The van der Waals surface area contributed by atoms with Gasteiger partial charge in [0.15, 0.2) is 22.9 Å². The van der Waals surface area contributed by atoms with Gasteiger partial charge in [0.1, 0.15) is 11.8 Å². The number of amidine groups is 1. The number of aromatic nitrogens is 5. The molecule has 2 bridgehead atoms. The molecule has 3 saturated heterocycles. The fraction of sp³-hybridized carbons (Fsp3) is 0.341. The number of esters is 1. The monoisotopic (exact) mass is 1720 g/mol. The minimum Gasteiger partial charge on any atom is -0.459 e. The number of nitrogens with zero attached hydrogens (tertiary/aromatic N) is 9. The standard InChI is InChI=1S/C19H21NS.C17H23NO2.C13H16N2.C12H16N2S.C9H7Cl2N5.C9H10Cl2N4.C9H9Cl2N3/c1-20-11-8-15(9-12-20)19-16-5-3-2-4-14(16)6-7-18-17(19)10-13-21-18;1-11-6-12(2)8-13(7-11)17(19)20-16-9-14-4-5-15(10-16)18(14)3;1-9-5-4-6-12(10(9)2)11(3)13-7-14-8-15-13;1-9-5-3-6-10(2)11(9)14-12-13-7-4-8-15-12;10-5-3-1-2-4(6(5)11)7-8(12)14-9(13)16-15-7;10-6-3-5(12)4-7(11)8(6)15-9-13-1-2-14-9;10-6-2-1-3-7(11)8(6)14-9-12-4-5-13-9/h2-5,10,13H,6-9,11-12H2,1H3;6-8,14-16H,4-5,9-10H2,1-3H3;4-8,11H,1-3H3,(H,14,15);3,5-6H,4,7-8H2,1-2H3,(H,13,14);1-3H,(H4,12,13,14,16);3-4H,1-2,12H2,(H2,13,14,15);1-3H,4-5H2,(H2,12,13,14)/t;;11-;;;;/m..0..../s1. The van der Waals surface area contributed by atoms with E-state index in [4.69, 9.17) is 91.5 Å². The molecule has 2 unspecified atom stereocenters. The number of ether oxygens (including phenoxy) is 1. The first-order chi connectivity index (χ1) is 55.8. The van der Waals surface area contributed by atoms with Crippen LogP contribution in [0, 0.1) is 41.5 Å². The van der Waals surface area contributed by atoms with Crippen LogP contribution in [0.1, 0.15) is 134 Å². The molecule has 610 valence electrons. The number of para-hydroxylation sites is 2. The maximum Gasteiger partial charge on any atom is 0.338 e. The molecular formula is C88H102Cl6N18O2S2. The molecule has 0 saturated carbocycles. The van der Waals surface area contributed by atoms with Crippen LogP contribution in [0.15, 0.2) is 172 Å². The lowest BCUT2D eigenvalue weighted by atomic mass is 9.88. The van der Waals surface area contributed by atoms with Gasteiger partial charge in [-0.25, -0.2) is 9.78 Å². The topological polar surface area (TPSA) is 275 Å². The van der Waals surface area contributed by atoms with Crippen molar-refractivity contribution in [1.82, 2.24) is 45.6 Å². The van der Waals surface area contributed by atoms with Gasteiger partial charge < -0.3 is 63.3 Å². The summed E-state index contributed by atoms with van der Waals surface area (Å²) in [5.74, 6) is 2.98. The van der Waals surface area contributed by atoms with Crippen molar-refractivity contribution < 1.29 is 9.53 Å². The number of halogens is 6. The molecule has 7 aliphatic rings. The first-order valence-electron chi connectivity index (χ1n) is 39.0. The van der Waals surface area contributed by atoms with Gasteiger partial charge in [0.2, 0.25) is 5.95 Å². The van der Waals surface area contributed by atoms with E-state index in [-0.39, 0.29) is 23.8 Å². The summed E-state index contributed by atoms with van der Waals surface area (Å²) in [7, 11) is 4.43. The van der Waals surface area contributed by atoms with Crippen LogP contribution in [0.25, 0.3) is 16.8 Å². The van der Waals surface area contributed by atoms with Gasteiger partial charge >= 0.3 is 5.97 Å². The van der Waals surface area contributed by atoms with Crippen LogP contribution in [0.4, 0.5) is 34.5 Å². The van der Waals surface area contributed by atoms with Gasteiger partial charge in [-0.15, -0.1) is 21.5 Å². The number of benzene rings is 7. The number of piperidine rings is 2. The highest BCUT2D eigenvalue weighted by molar-refractivity contribution is 8.14. The van der Waals surface area contributed by atoms with Crippen LogP contribution in [-0.2, 0) is 17.6 Å². The highest BCUT2D eigenvalue weighted by Crippen LogP contribution is 2.42. The van der Waals surface area contributed by atoms with Crippen molar-refractivity contribution in [3.63, 3.8) is 0 Å². The molecule has 1 aliphatic carbocycles. The Labute approximate surface area is 719 Å². The number of aryl methyl sites for hydroxylation is 7. The number of nitrogens with two attached hydrogens (primary N) is 3. The van der Waals surface area contributed by atoms with Crippen LogP contribution in [0.3, 0.4) is 0 Å². The SMILES string of the molecule is CN1CCC(=C2c3ccccc3CCc3sccc32)CC1.Cc1cc(C)cc(C(=O)OC2CC3CCC(C2)N3C)c1.Cc1cccc(C)c1NC1=NCCCS1.Cc1cccc([C@H](C)c2cnc[nH]2)c1C.Clc1cccc(Cl)c1NC1=NCCN1.Nc1cc(Cl)c(NC2=NCCN2)c(Cl)c1.Nc1nnc(-c2cccc(Cl)c2Cl)c(N)n1. The third-order valence-electron chi connectivity index (χ3n) is 21.1. The minimum atomic E-state index is -0.161. The number of hydrogen-bond acceptors (Lipinski definition) is 21. The Kier molecular flexibility index (Phi) is 32.2. The highest BCUT2D eigenvalue weighted by Gasteiger charge is 2.40. The van der Waals surface area contributed by atoms with E-state index in [0.29, 0.717) is 88.0 Å². The number of carbonyl (C=O) groups excluding carboxylic acids is 1. The molecule has 12 N–H and O–H groups in total. The summed E-state index contributed by atoms with van der Waals surface area (Å²) in [6.07, 6.45) is 14.2. The lowest BCUT2D eigenvalue weighted by Crippen LogP contribution is -2.43. The minimum absolute atomic E-state index is 0.0133. The number of anilines is 6. The van der Waals surface area contributed by atoms with E-state index in [1.54, 1.807) is 70.9 Å². The Morgan fingerprint density at radius 2 is 1.22 bits per heavy atom. The van der Waals surface area contributed by atoms with Crippen molar-refractivity contribution in [2.75, 3.05) is 98.8 Å². The number of guanidine groups is 2. The van der Waals surface area contributed by atoms with Crippen molar-refractivity contribution in [3.05, 3.63) is 259 Å². The van der Waals surface area contributed by atoms with Gasteiger partial charge in [-0.05, 0) is 205 Å². The summed E-state index contributed by atoms with van der Waals surface area (Å²) in [5.41, 5.74) is 39.1. The number of aliphatic imine (C=N–C) groups is 3. The predicted octanol–water partition coefficient (Wildman–Crippen LogP) is 20.2. The molecule has 28 heteroatoms. The molecule has 6 aliphatic heterocycles. The first-order valence-corrected chi connectivity index (χ1v) is 43.1. The van der Waals surface area contributed by atoms with Crippen LogP contribution in [0.5, 0.6) is 0 Å². The average Bonchev–Trinajstić information content (AvgIpc) is 1.62. The molecule has 3 fully saturated rings. The second-order valence-electron chi connectivity index (χ2n) is 29.4. The zero-order valence-corrected chi connectivity index (χ0v) is 73.1. The molecule has 7 aromatic carbocycles. The van der Waals surface area contributed by atoms with Crippen LogP contribution in [0.2, 0.25) is 30.1 Å². The van der Waals surface area contributed by atoms with E-state index in [9.17, 15) is 4.79 Å². The van der Waals surface area contributed by atoms with Crippen LogP contribution < -0.4 is 43.8 Å². The molecule has 17 rings (SSSR count). The number of thiophene rings is 1. The second-order valence-corrected chi connectivity index (χ2v) is 33.9. The normalized spacial score (nSPS) is 17.4. The van der Waals surface area contributed by atoms with Gasteiger partial charge in [0.05, 0.1) is 66.5 Å². The fourth-order valence-electron chi connectivity index (χ4n) is 14.7. The zero-order valence-electron chi connectivity index (χ0n) is 66.9. The van der Waals surface area contributed by atoms with Crippen molar-refractivity contribution in [1.29, 1.82) is 0 Å². The molecule has 0 amide bonds. The molecule has 10 aromatic rings. The Balaban J connectivity index is 0.000000134. The number of likely N-dealkylation sites (tertiary alicyclic amines) is 1. The molecule has 0 spiro atoms. The van der Waals surface area contributed by atoms with Gasteiger partial charge in [-0.2, -0.15) is 4.98 Å². The lowest BCUT2D eigenvalue weighted by Gasteiger charge is -2.35. The van der Waals surface area contributed by atoms with Gasteiger partial charge in [0.25, 0.3) is 0 Å². The summed E-state index contributed by atoms with van der Waals surface area (Å²) in [6.45, 7) is 21.4. The second kappa shape index (κ2) is 42.5. The van der Waals surface area contributed by atoms with E-state index in [1.807, 2.05) is 55.3 Å². The number of fused-ring (bicyclic) bond motifs is 4. The van der Waals surface area contributed by atoms with E-state index in [1.165, 1.54) is 120 Å². The van der Waals surface area contributed by atoms with E-state index in [2.05, 4.69) is 203 Å². The number of rotatable bonds is 8. The Bertz CT molecular complexity index is 5060. The number of nitrogens with one attached hydrogen (secondary N) is 6. The summed E-state index contributed by atoms with van der Waals surface area (Å²) in [5, 5.41) is 29.4. The number of aromatic amines is 1. The van der Waals surface area contributed by atoms with E-state index < -0.39 is 0 Å². The predicted molar refractivity (Wildman–Crippen MR) is 490 cm³/mol. The molecule has 3 aromatic heterocycles. The number of thioether (sulfide) groups is 1. The maximum absolute atomic E-state index is 12.3. The van der Waals surface area contributed by atoms with Crippen LogP contribution >= 0.6 is 92.7 Å². The third kappa shape index (κ3) is 23.9. The summed E-state index contributed by atoms with van der Waals surface area (Å²) >= 11 is 39.6. The molecule has 3 atom stereocenters. The zero-order chi connectivity index (χ0) is 82.5. The Morgan fingerprint density at radius 3 is 1.84 bits per heavy atom. The highest BCUT2D eigenvalue weighted by atomic mass is 35.5. The number of H-pyrrole nitrogens is 1. The quantitative estimate of drug-likeness (QED) is 0.0505. The Morgan fingerprint density at radius 1 is 0.621 bits per heavy atom. The number of carbonyl (C=O) groups is 1. The molecular weight excluding hydrogens is 1620 g/mol. The molecule has 0 radical (unpaired) electrons. The van der Waals surface area contributed by atoms with E-state index in [0.717, 1.165) is 67.8 Å². The van der Waals surface area contributed by atoms with Crippen molar-refractivity contribution in [2.45, 2.75) is 130 Å². The van der Waals surface area contributed by atoms with Gasteiger partial charge in [-0.3, -0.25) is 15.0 Å². The average molecular weight is 1720 g/mol. The summed E-state index contributed by atoms with van der Waals surface area (Å²) in [6, 6.07) is 45.1. The van der Waals surface area contributed by atoms with Crippen molar-refractivity contribution in [2.24, 2.45) is 15.0 Å². The maximum atomic E-state index is 12.3. The van der Waals surface area contributed by atoms with Crippen molar-refractivity contribution >= 4 is 156 Å². The van der Waals surface area contributed by atoms with Gasteiger partial charge in [0, 0.05) is 103 Å². The third-order valence-corrected chi connectivity index (χ3v) is 25.1.